The van der Waals surface area contributed by atoms with E-state index >= 15 is 0 Å². The van der Waals surface area contributed by atoms with Gasteiger partial charge in [-0.1, -0.05) is 12.1 Å². The number of hydrogen-bond acceptors (Lipinski definition) is 3. The van der Waals surface area contributed by atoms with Gasteiger partial charge in [-0.2, -0.15) is 0 Å². The fourth-order valence-electron chi connectivity index (χ4n) is 1.50. The first-order chi connectivity index (χ1) is 8.69. The number of halogens is 1. The summed E-state index contributed by atoms with van der Waals surface area (Å²) in [5.74, 6) is 0.640. The predicted molar refractivity (Wildman–Crippen MR) is 71.5 cm³/mol. The second-order valence-electron chi connectivity index (χ2n) is 3.93. The van der Waals surface area contributed by atoms with E-state index in [0.29, 0.717) is 5.75 Å². The van der Waals surface area contributed by atoms with E-state index in [1.54, 1.807) is 17.8 Å². The van der Waals surface area contributed by atoms with Crippen LogP contribution in [0.4, 0.5) is 4.39 Å². The van der Waals surface area contributed by atoms with Crippen LogP contribution in [0.3, 0.4) is 0 Å². The summed E-state index contributed by atoms with van der Waals surface area (Å²) in [6.07, 6.45) is 1.83. The van der Waals surface area contributed by atoms with Crippen molar-refractivity contribution in [1.29, 1.82) is 0 Å². The van der Waals surface area contributed by atoms with Gasteiger partial charge in [0.15, 0.2) is 11.6 Å². The van der Waals surface area contributed by atoms with E-state index in [1.807, 2.05) is 31.3 Å². The average Bonchev–Trinajstić information content (AvgIpc) is 2.38. The summed E-state index contributed by atoms with van der Waals surface area (Å²) in [7, 11) is 1.46. The molecule has 2 rings (SSSR count). The number of hydrogen-bond donors (Lipinski definition) is 0. The first kappa shape index (κ1) is 12.9. The number of nitrogens with zero attached hydrogens (tertiary/aromatic N) is 1. The lowest BCUT2D eigenvalue weighted by molar-refractivity contribution is 0.386. The lowest BCUT2D eigenvalue weighted by Crippen LogP contribution is -1.90. The number of aryl methyl sites for hydroxylation is 1. The predicted octanol–water partition coefficient (Wildman–Crippen LogP) is 3.83. The Balaban J connectivity index is 2.02. The Bertz CT molecular complexity index is 528. The molecule has 0 spiro atoms. The largest absolute Gasteiger partial charge is 0.494 e. The number of thioether (sulfide) groups is 1. The van der Waals surface area contributed by atoms with E-state index in [2.05, 4.69) is 4.98 Å². The Kier molecular flexibility index (Phi) is 4.20. The molecule has 0 aliphatic heterocycles. The first-order valence-corrected chi connectivity index (χ1v) is 6.55. The van der Waals surface area contributed by atoms with Crippen molar-refractivity contribution < 1.29 is 9.13 Å². The molecule has 0 saturated heterocycles. The van der Waals surface area contributed by atoms with Crippen LogP contribution in [-0.2, 0) is 5.75 Å². The van der Waals surface area contributed by atoms with Gasteiger partial charge in [-0.3, -0.25) is 0 Å². The zero-order valence-electron chi connectivity index (χ0n) is 10.3. The molecule has 1 aromatic heterocycles. The molecule has 0 atom stereocenters. The van der Waals surface area contributed by atoms with Gasteiger partial charge in [0.25, 0.3) is 0 Å². The van der Waals surface area contributed by atoms with Crippen molar-refractivity contribution in [3.8, 4) is 5.75 Å². The van der Waals surface area contributed by atoms with Crippen LogP contribution in [0.25, 0.3) is 0 Å². The summed E-state index contributed by atoms with van der Waals surface area (Å²) < 4.78 is 18.4. The Labute approximate surface area is 110 Å². The third-order valence-corrected chi connectivity index (χ3v) is 3.50. The third-order valence-electron chi connectivity index (χ3n) is 2.49. The highest BCUT2D eigenvalue weighted by molar-refractivity contribution is 7.98. The molecular weight excluding hydrogens is 249 g/mol. The summed E-state index contributed by atoms with van der Waals surface area (Å²) in [4.78, 5) is 4.29. The SMILES string of the molecule is COc1ccc(CSc2ccc(C)cn2)cc1F. The van der Waals surface area contributed by atoms with Gasteiger partial charge in [0, 0.05) is 11.9 Å². The van der Waals surface area contributed by atoms with E-state index < -0.39 is 0 Å². The molecule has 0 aliphatic rings. The zero-order chi connectivity index (χ0) is 13.0. The van der Waals surface area contributed by atoms with Crippen LogP contribution in [0.1, 0.15) is 11.1 Å². The molecule has 4 heteroatoms. The molecule has 18 heavy (non-hydrogen) atoms. The van der Waals surface area contributed by atoms with Crippen LogP contribution in [0, 0.1) is 12.7 Å². The molecule has 0 saturated carbocycles. The van der Waals surface area contributed by atoms with E-state index in [0.717, 1.165) is 16.2 Å². The first-order valence-electron chi connectivity index (χ1n) is 5.57. The molecule has 0 fully saturated rings. The highest BCUT2D eigenvalue weighted by atomic mass is 32.2. The molecule has 0 unspecified atom stereocenters. The molecule has 0 aliphatic carbocycles. The van der Waals surface area contributed by atoms with Crippen LogP contribution in [0.2, 0.25) is 0 Å². The van der Waals surface area contributed by atoms with Crippen molar-refractivity contribution in [1.82, 2.24) is 4.98 Å². The fourth-order valence-corrected chi connectivity index (χ4v) is 2.28. The van der Waals surface area contributed by atoms with Crippen LogP contribution in [0.15, 0.2) is 41.6 Å². The monoisotopic (exact) mass is 263 g/mol. The topological polar surface area (TPSA) is 22.1 Å². The molecule has 2 nitrogen and oxygen atoms in total. The summed E-state index contributed by atoms with van der Waals surface area (Å²) in [5.41, 5.74) is 2.05. The molecule has 94 valence electrons. The highest BCUT2D eigenvalue weighted by Crippen LogP contribution is 2.24. The smallest absolute Gasteiger partial charge is 0.165 e. The normalized spacial score (nSPS) is 10.4. The number of rotatable bonds is 4. The zero-order valence-corrected chi connectivity index (χ0v) is 11.1. The Morgan fingerprint density at radius 3 is 2.72 bits per heavy atom. The minimum atomic E-state index is -0.326. The lowest BCUT2D eigenvalue weighted by atomic mass is 10.2. The second kappa shape index (κ2) is 5.87. The Morgan fingerprint density at radius 1 is 1.28 bits per heavy atom. The van der Waals surface area contributed by atoms with Crippen molar-refractivity contribution in [2.24, 2.45) is 0 Å². The minimum absolute atomic E-state index is 0.275. The van der Waals surface area contributed by atoms with E-state index in [-0.39, 0.29) is 11.6 Å². The van der Waals surface area contributed by atoms with Crippen molar-refractivity contribution in [2.45, 2.75) is 17.7 Å². The minimum Gasteiger partial charge on any atom is -0.494 e. The molecule has 0 N–H and O–H groups in total. The van der Waals surface area contributed by atoms with Gasteiger partial charge in [0.05, 0.1) is 12.1 Å². The van der Waals surface area contributed by atoms with E-state index in [4.69, 9.17) is 4.74 Å². The maximum atomic E-state index is 13.5. The summed E-state index contributed by atoms with van der Waals surface area (Å²) >= 11 is 1.59. The Morgan fingerprint density at radius 2 is 2.11 bits per heavy atom. The quantitative estimate of drug-likeness (QED) is 0.783. The van der Waals surface area contributed by atoms with Crippen LogP contribution in [0.5, 0.6) is 5.75 Å². The summed E-state index contributed by atoms with van der Waals surface area (Å²) in [5, 5.41) is 0.942. The van der Waals surface area contributed by atoms with Gasteiger partial charge in [0.1, 0.15) is 0 Å². The number of methoxy groups -OCH3 is 1. The average molecular weight is 263 g/mol. The van der Waals surface area contributed by atoms with Crippen molar-refractivity contribution >= 4 is 11.8 Å². The van der Waals surface area contributed by atoms with Gasteiger partial charge < -0.3 is 4.74 Å². The second-order valence-corrected chi connectivity index (χ2v) is 4.93. The molecule has 0 bridgehead atoms. The van der Waals surface area contributed by atoms with Crippen LogP contribution in [-0.4, -0.2) is 12.1 Å². The van der Waals surface area contributed by atoms with E-state index in [1.165, 1.54) is 13.2 Å². The van der Waals surface area contributed by atoms with Crippen molar-refractivity contribution in [3.05, 3.63) is 53.5 Å². The lowest BCUT2D eigenvalue weighted by Gasteiger charge is -2.05. The number of pyridine rings is 1. The van der Waals surface area contributed by atoms with Gasteiger partial charge in [0.2, 0.25) is 0 Å². The molecular formula is C14H14FNOS. The number of aromatic nitrogens is 1. The van der Waals surface area contributed by atoms with Crippen molar-refractivity contribution in [2.75, 3.05) is 7.11 Å². The van der Waals surface area contributed by atoms with Crippen LogP contribution < -0.4 is 4.74 Å². The van der Waals surface area contributed by atoms with E-state index in [9.17, 15) is 4.39 Å². The van der Waals surface area contributed by atoms with Gasteiger partial charge in [-0.25, -0.2) is 9.37 Å². The maximum absolute atomic E-state index is 13.5. The molecule has 1 aromatic carbocycles. The molecule has 1 heterocycles. The van der Waals surface area contributed by atoms with Crippen molar-refractivity contribution in [3.63, 3.8) is 0 Å². The molecule has 0 radical (unpaired) electrons. The number of benzene rings is 1. The molecule has 2 aromatic rings. The summed E-state index contributed by atoms with van der Waals surface area (Å²) in [6.45, 7) is 2.00. The summed E-state index contributed by atoms with van der Waals surface area (Å²) in [6, 6.07) is 9.00. The molecule has 0 amide bonds. The maximum Gasteiger partial charge on any atom is 0.165 e. The van der Waals surface area contributed by atoms with Gasteiger partial charge >= 0.3 is 0 Å². The third kappa shape index (κ3) is 3.23. The van der Waals surface area contributed by atoms with Gasteiger partial charge in [-0.05, 0) is 36.2 Å². The highest BCUT2D eigenvalue weighted by Gasteiger charge is 2.04. The van der Waals surface area contributed by atoms with Gasteiger partial charge in [-0.15, -0.1) is 11.8 Å². The van der Waals surface area contributed by atoms with Crippen LogP contribution >= 0.6 is 11.8 Å². The fraction of sp³-hybridized carbons (Fsp3) is 0.214. The Hall–Kier alpha value is -1.55. The number of ether oxygens (including phenoxy) is 1. The standard InChI is InChI=1S/C14H14FNOS/c1-10-3-6-14(16-8-10)18-9-11-4-5-13(17-2)12(15)7-11/h3-8H,9H2,1-2H3.